The minimum Gasteiger partial charge on any atom is -0.493 e. The molecule has 32 heavy (non-hydrogen) atoms. The van der Waals surface area contributed by atoms with Crippen LogP contribution in [0, 0.1) is 17.0 Å². The molecule has 0 spiro atoms. The maximum atomic E-state index is 12.0. The van der Waals surface area contributed by atoms with Crippen LogP contribution in [0.2, 0.25) is 0 Å². The Bertz CT molecular complexity index is 1090. The number of hydrogen-bond donors (Lipinski definition) is 0. The highest BCUT2D eigenvalue weighted by Gasteiger charge is 2.34. The zero-order chi connectivity index (χ0) is 23.6. The summed E-state index contributed by atoms with van der Waals surface area (Å²) in [6.07, 6.45) is 1.08. The van der Waals surface area contributed by atoms with Crippen LogP contribution in [0.1, 0.15) is 22.3 Å². The SMILES string of the molecule is COc1cc(CC2=[N+](C)CCc3cc(OC)c(OC)c(OC)c32)c([N+](=O)[O-])c(C)c1OC. The Hall–Kier alpha value is -3.49. The number of fused-ring (bicyclic) bond motifs is 1. The fourth-order valence-corrected chi connectivity index (χ4v) is 4.36. The molecule has 0 radical (unpaired) electrons. The van der Waals surface area contributed by atoms with Crippen LogP contribution in [0.5, 0.6) is 28.7 Å². The maximum Gasteiger partial charge on any atom is 0.280 e. The van der Waals surface area contributed by atoms with Gasteiger partial charge >= 0.3 is 0 Å². The van der Waals surface area contributed by atoms with Crippen molar-refractivity contribution in [2.75, 3.05) is 49.1 Å². The molecule has 1 heterocycles. The fourth-order valence-electron chi connectivity index (χ4n) is 4.36. The maximum absolute atomic E-state index is 12.0. The van der Waals surface area contributed by atoms with Crippen LogP contribution >= 0.6 is 0 Å². The fraction of sp³-hybridized carbons (Fsp3) is 0.435. The van der Waals surface area contributed by atoms with Crippen molar-refractivity contribution < 1.29 is 33.2 Å². The molecule has 9 nitrogen and oxygen atoms in total. The standard InChI is InChI=1S/C23H29N2O7/c1-13-20(25(26)27)15(12-17(28-3)21(13)30-5)10-16-19-14(8-9-24(16)2)11-18(29-4)22(31-6)23(19)32-7/h11-12H,8-10H2,1-7H3/q+1. The number of methoxy groups -OCH3 is 5. The van der Waals surface area contributed by atoms with Crippen LogP contribution in [0.3, 0.4) is 0 Å². The van der Waals surface area contributed by atoms with Gasteiger partial charge in [-0.05, 0) is 24.6 Å². The van der Waals surface area contributed by atoms with Crippen molar-refractivity contribution >= 4 is 11.4 Å². The summed E-state index contributed by atoms with van der Waals surface area (Å²) in [7, 11) is 9.67. The zero-order valence-corrected chi connectivity index (χ0v) is 19.5. The van der Waals surface area contributed by atoms with Crippen LogP contribution in [0.4, 0.5) is 5.69 Å². The average molecular weight is 445 g/mol. The molecule has 0 fully saturated rings. The number of likely N-dealkylation sites (N-methyl/N-ethyl adjacent to an activating group) is 1. The van der Waals surface area contributed by atoms with E-state index in [2.05, 4.69) is 4.58 Å². The molecule has 172 valence electrons. The van der Waals surface area contributed by atoms with E-state index in [0.29, 0.717) is 46.3 Å². The number of nitro benzene ring substituents is 1. The minimum absolute atomic E-state index is 0.00937. The van der Waals surface area contributed by atoms with Crippen LogP contribution in [-0.2, 0) is 12.8 Å². The monoisotopic (exact) mass is 445 g/mol. The van der Waals surface area contributed by atoms with E-state index in [-0.39, 0.29) is 10.6 Å². The lowest BCUT2D eigenvalue weighted by atomic mass is 9.90. The van der Waals surface area contributed by atoms with Crippen LogP contribution in [-0.4, -0.2) is 64.4 Å². The molecule has 9 heteroatoms. The first-order valence-electron chi connectivity index (χ1n) is 10.1. The molecular weight excluding hydrogens is 416 g/mol. The summed E-state index contributed by atoms with van der Waals surface area (Å²) in [5.41, 5.74) is 3.74. The van der Waals surface area contributed by atoms with Crippen molar-refractivity contribution in [3.8, 4) is 28.7 Å². The van der Waals surface area contributed by atoms with Crippen LogP contribution in [0.25, 0.3) is 0 Å². The van der Waals surface area contributed by atoms with Gasteiger partial charge in [0.05, 0.1) is 58.0 Å². The molecule has 0 atom stereocenters. The second-order valence-electron chi connectivity index (χ2n) is 7.48. The van der Waals surface area contributed by atoms with Gasteiger partial charge in [-0.15, -0.1) is 0 Å². The number of nitro groups is 1. The summed E-state index contributed by atoms with van der Waals surface area (Å²) in [6.45, 7) is 2.42. The number of benzene rings is 2. The van der Waals surface area contributed by atoms with Gasteiger partial charge in [-0.1, -0.05) is 0 Å². The highest BCUT2D eigenvalue weighted by Crippen LogP contribution is 2.45. The van der Waals surface area contributed by atoms with E-state index in [0.717, 1.165) is 29.8 Å². The number of ether oxygens (including phenoxy) is 5. The van der Waals surface area contributed by atoms with Crippen molar-refractivity contribution in [2.45, 2.75) is 19.8 Å². The molecule has 0 unspecified atom stereocenters. The molecule has 1 aliphatic rings. The average Bonchev–Trinajstić information content (AvgIpc) is 2.78. The smallest absolute Gasteiger partial charge is 0.280 e. The first-order chi connectivity index (χ1) is 15.3. The first-order valence-corrected chi connectivity index (χ1v) is 10.1. The molecular formula is C23H29N2O7+. The van der Waals surface area contributed by atoms with Gasteiger partial charge in [0, 0.05) is 12.0 Å². The Morgan fingerprint density at radius 3 is 2.06 bits per heavy atom. The Labute approximate surface area is 187 Å². The summed E-state index contributed by atoms with van der Waals surface area (Å²) in [5.74, 6) is 2.42. The number of nitrogens with zero attached hydrogens (tertiary/aromatic N) is 2. The predicted octanol–water partition coefficient (Wildman–Crippen LogP) is 3.18. The van der Waals surface area contributed by atoms with Gasteiger partial charge in [0.25, 0.3) is 5.69 Å². The van der Waals surface area contributed by atoms with E-state index in [1.165, 1.54) is 14.2 Å². The van der Waals surface area contributed by atoms with E-state index in [4.69, 9.17) is 23.7 Å². The second-order valence-corrected chi connectivity index (χ2v) is 7.48. The Morgan fingerprint density at radius 1 is 0.938 bits per heavy atom. The molecule has 0 saturated carbocycles. The Kier molecular flexibility index (Phi) is 6.76. The van der Waals surface area contributed by atoms with Gasteiger partial charge in [0.2, 0.25) is 5.75 Å². The molecule has 0 N–H and O–H groups in total. The van der Waals surface area contributed by atoms with E-state index in [1.54, 1.807) is 34.3 Å². The topological polar surface area (TPSA) is 92.3 Å². The molecule has 0 aromatic heterocycles. The molecule has 2 aromatic carbocycles. The van der Waals surface area contributed by atoms with Crippen molar-refractivity contribution in [3.63, 3.8) is 0 Å². The van der Waals surface area contributed by atoms with E-state index < -0.39 is 0 Å². The molecule has 0 aliphatic carbocycles. The van der Waals surface area contributed by atoms with Gasteiger partial charge in [0.15, 0.2) is 28.7 Å². The van der Waals surface area contributed by atoms with Crippen LogP contribution < -0.4 is 23.7 Å². The molecule has 0 bridgehead atoms. The summed E-state index contributed by atoms with van der Waals surface area (Å²) >= 11 is 0. The highest BCUT2D eigenvalue weighted by atomic mass is 16.6. The lowest BCUT2D eigenvalue weighted by Crippen LogP contribution is -2.30. The van der Waals surface area contributed by atoms with Crippen LogP contribution in [0.15, 0.2) is 12.1 Å². The van der Waals surface area contributed by atoms with Gasteiger partial charge in [-0.3, -0.25) is 10.1 Å². The third-order valence-corrected chi connectivity index (χ3v) is 5.87. The summed E-state index contributed by atoms with van der Waals surface area (Å²) in [6, 6.07) is 3.62. The minimum atomic E-state index is -0.372. The summed E-state index contributed by atoms with van der Waals surface area (Å²) in [5, 5.41) is 12.0. The first kappa shape index (κ1) is 23.2. The molecule has 0 amide bonds. The lowest BCUT2D eigenvalue weighted by Gasteiger charge is -2.23. The molecule has 1 aliphatic heterocycles. The normalized spacial score (nSPS) is 12.8. The Balaban J connectivity index is 2.26. The summed E-state index contributed by atoms with van der Waals surface area (Å²) < 4.78 is 29.7. The number of hydrogen-bond acceptors (Lipinski definition) is 7. The van der Waals surface area contributed by atoms with E-state index >= 15 is 0 Å². The predicted molar refractivity (Wildman–Crippen MR) is 120 cm³/mol. The second kappa shape index (κ2) is 9.33. The van der Waals surface area contributed by atoms with E-state index in [9.17, 15) is 10.1 Å². The molecule has 3 rings (SSSR count). The third kappa shape index (κ3) is 3.79. The quantitative estimate of drug-likeness (QED) is 0.350. The molecule has 2 aromatic rings. The van der Waals surface area contributed by atoms with E-state index in [1.807, 2.05) is 13.1 Å². The zero-order valence-electron chi connectivity index (χ0n) is 19.5. The van der Waals surface area contributed by atoms with Crippen molar-refractivity contribution in [1.82, 2.24) is 0 Å². The van der Waals surface area contributed by atoms with Crippen molar-refractivity contribution in [2.24, 2.45) is 0 Å². The third-order valence-electron chi connectivity index (χ3n) is 5.87. The number of rotatable bonds is 8. The van der Waals surface area contributed by atoms with Gasteiger partial charge < -0.3 is 23.7 Å². The van der Waals surface area contributed by atoms with Gasteiger partial charge in [0.1, 0.15) is 13.6 Å². The van der Waals surface area contributed by atoms with Gasteiger partial charge in [-0.25, -0.2) is 4.58 Å². The summed E-state index contributed by atoms with van der Waals surface area (Å²) in [4.78, 5) is 11.6. The largest absolute Gasteiger partial charge is 0.493 e. The highest BCUT2D eigenvalue weighted by molar-refractivity contribution is 6.04. The Morgan fingerprint density at radius 2 is 1.53 bits per heavy atom. The lowest BCUT2D eigenvalue weighted by molar-refractivity contribution is -0.499. The molecule has 0 saturated heterocycles. The van der Waals surface area contributed by atoms with Crippen molar-refractivity contribution in [3.05, 3.63) is 44.5 Å². The van der Waals surface area contributed by atoms with Gasteiger partial charge in [-0.2, -0.15) is 0 Å². The van der Waals surface area contributed by atoms with Crippen molar-refractivity contribution in [1.29, 1.82) is 0 Å².